The second kappa shape index (κ2) is 3.36. The van der Waals surface area contributed by atoms with Gasteiger partial charge in [0.25, 0.3) is 0 Å². The van der Waals surface area contributed by atoms with Gasteiger partial charge in [-0.1, -0.05) is 38.6 Å². The molecule has 0 aromatic rings. The Balaban J connectivity index is 2.18. The predicted octanol–water partition coefficient (Wildman–Crippen LogP) is 3.39. The molecule has 2 unspecified atom stereocenters. The van der Waals surface area contributed by atoms with Crippen LogP contribution in [0.25, 0.3) is 0 Å². The lowest BCUT2D eigenvalue weighted by molar-refractivity contribution is 0.160. The van der Waals surface area contributed by atoms with Gasteiger partial charge < -0.3 is 4.84 Å². The molecule has 0 aromatic carbocycles. The molecule has 0 heterocycles. The minimum absolute atomic E-state index is 0.263. The molecule has 2 heteroatoms. The minimum atomic E-state index is 0.263. The molecule has 0 aromatic heterocycles. The Bertz CT molecular complexity index is 306. The van der Waals surface area contributed by atoms with Crippen LogP contribution < -0.4 is 0 Å². The molecule has 2 bridgehead atoms. The molecule has 2 nitrogen and oxygen atoms in total. The van der Waals surface area contributed by atoms with Gasteiger partial charge in [-0.25, -0.2) is 0 Å². The van der Waals surface area contributed by atoms with Gasteiger partial charge in [-0.3, -0.25) is 0 Å². The van der Waals surface area contributed by atoms with E-state index in [2.05, 4.69) is 32.5 Å². The maximum Gasteiger partial charge on any atom is 0.135 e. The van der Waals surface area contributed by atoms with Gasteiger partial charge in [0, 0.05) is 5.41 Å². The van der Waals surface area contributed by atoms with Crippen LogP contribution in [-0.2, 0) is 4.84 Å². The average molecular weight is 207 g/mol. The highest BCUT2D eigenvalue weighted by atomic mass is 16.6. The van der Waals surface area contributed by atoms with Crippen LogP contribution in [0.15, 0.2) is 17.8 Å². The summed E-state index contributed by atoms with van der Waals surface area (Å²) in [7, 11) is 0. The summed E-state index contributed by atoms with van der Waals surface area (Å²) in [5.74, 6) is 0.800. The third-order valence-electron chi connectivity index (χ3n) is 4.88. The number of hydrogen-bond acceptors (Lipinski definition) is 2. The van der Waals surface area contributed by atoms with Crippen LogP contribution in [-0.4, -0.2) is 12.3 Å². The van der Waals surface area contributed by atoms with Crippen LogP contribution in [0.2, 0.25) is 0 Å². The summed E-state index contributed by atoms with van der Waals surface area (Å²) in [5.41, 5.74) is 1.92. The number of nitrogens with zero attached hydrogens (tertiary/aromatic N) is 1. The van der Waals surface area contributed by atoms with Gasteiger partial charge >= 0.3 is 0 Å². The Labute approximate surface area is 92.4 Å². The minimum Gasteiger partial charge on any atom is -0.392 e. The molecule has 0 amide bonds. The van der Waals surface area contributed by atoms with Gasteiger partial charge in [0.05, 0.1) is 5.71 Å². The summed E-state index contributed by atoms with van der Waals surface area (Å²) < 4.78 is 0. The lowest BCUT2D eigenvalue weighted by atomic mass is 9.70. The first-order valence-corrected chi connectivity index (χ1v) is 5.82. The van der Waals surface area contributed by atoms with E-state index in [4.69, 9.17) is 4.84 Å². The summed E-state index contributed by atoms with van der Waals surface area (Å²) in [6.07, 6.45) is 5.48. The Morgan fingerprint density at radius 3 is 2.73 bits per heavy atom. The van der Waals surface area contributed by atoms with Gasteiger partial charge in [0.2, 0.25) is 0 Å². The van der Waals surface area contributed by atoms with Crippen LogP contribution in [0.3, 0.4) is 0 Å². The molecule has 0 aliphatic heterocycles. The summed E-state index contributed by atoms with van der Waals surface area (Å²) >= 11 is 0. The second-order valence-electron chi connectivity index (χ2n) is 5.62. The highest BCUT2D eigenvalue weighted by molar-refractivity contribution is 5.93. The fourth-order valence-corrected chi connectivity index (χ4v) is 3.23. The van der Waals surface area contributed by atoms with Crippen molar-refractivity contribution in [1.29, 1.82) is 0 Å². The Hall–Kier alpha value is -0.790. The molecule has 0 radical (unpaired) electrons. The fraction of sp³-hybridized carbons (Fsp3) is 0.769. The van der Waals surface area contributed by atoms with E-state index in [9.17, 15) is 0 Å². The van der Waals surface area contributed by atoms with Gasteiger partial charge in [-0.2, -0.15) is 0 Å². The summed E-state index contributed by atoms with van der Waals surface area (Å²) in [4.78, 5) is 5.25. The molecule has 15 heavy (non-hydrogen) atoms. The molecule has 2 aliphatic carbocycles. The van der Waals surface area contributed by atoms with E-state index in [0.717, 1.165) is 12.3 Å². The van der Waals surface area contributed by atoms with Crippen LogP contribution in [0, 0.1) is 16.7 Å². The zero-order valence-corrected chi connectivity index (χ0v) is 10.0. The Kier molecular flexibility index (Phi) is 2.40. The highest BCUT2D eigenvalue weighted by Gasteiger charge is 2.60. The van der Waals surface area contributed by atoms with Crippen molar-refractivity contribution in [3.63, 3.8) is 0 Å². The molecule has 0 saturated heterocycles. The predicted molar refractivity (Wildman–Crippen MR) is 62.8 cm³/mol. The van der Waals surface area contributed by atoms with E-state index in [1.807, 2.05) is 0 Å². The zero-order chi connectivity index (χ0) is 11.1. The molecular weight excluding hydrogens is 186 g/mol. The highest BCUT2D eigenvalue weighted by Crippen LogP contribution is 2.63. The first-order chi connectivity index (χ1) is 7.02. The van der Waals surface area contributed by atoms with Crippen LogP contribution in [0.5, 0.6) is 0 Å². The lowest BCUT2D eigenvalue weighted by Gasteiger charge is -2.34. The number of hydrogen-bond donors (Lipinski definition) is 0. The van der Waals surface area contributed by atoms with Gasteiger partial charge in [-0.15, -0.1) is 0 Å². The molecule has 2 atom stereocenters. The van der Waals surface area contributed by atoms with Crippen molar-refractivity contribution in [3.8, 4) is 0 Å². The number of oxime groups is 1. The molecule has 2 fully saturated rings. The van der Waals surface area contributed by atoms with E-state index >= 15 is 0 Å². The van der Waals surface area contributed by atoms with Crippen LogP contribution >= 0.6 is 0 Å². The van der Waals surface area contributed by atoms with Gasteiger partial charge in [-0.05, 0) is 30.6 Å². The maximum atomic E-state index is 5.25. The van der Waals surface area contributed by atoms with Gasteiger partial charge in [0.15, 0.2) is 0 Å². The summed E-state index contributed by atoms with van der Waals surface area (Å²) in [5, 5.41) is 4.31. The monoisotopic (exact) mass is 207 g/mol. The first-order valence-electron chi connectivity index (χ1n) is 5.82. The van der Waals surface area contributed by atoms with E-state index in [-0.39, 0.29) is 5.41 Å². The second-order valence-corrected chi connectivity index (χ2v) is 5.62. The fourth-order valence-electron chi connectivity index (χ4n) is 3.23. The van der Waals surface area contributed by atoms with Crippen molar-refractivity contribution in [1.82, 2.24) is 0 Å². The van der Waals surface area contributed by atoms with Gasteiger partial charge in [0.1, 0.15) is 6.61 Å². The van der Waals surface area contributed by atoms with Crippen molar-refractivity contribution < 1.29 is 4.84 Å². The molecule has 0 spiro atoms. The molecule has 0 N–H and O–H groups in total. The Morgan fingerprint density at radius 2 is 2.27 bits per heavy atom. The quantitative estimate of drug-likeness (QED) is 0.395. The maximum absolute atomic E-state index is 5.25. The normalized spacial score (nSPS) is 39.7. The van der Waals surface area contributed by atoms with Crippen molar-refractivity contribution in [3.05, 3.63) is 12.7 Å². The Morgan fingerprint density at radius 1 is 1.53 bits per heavy atom. The van der Waals surface area contributed by atoms with E-state index in [1.54, 1.807) is 6.08 Å². The molecule has 2 aliphatic rings. The third kappa shape index (κ3) is 1.34. The van der Waals surface area contributed by atoms with Crippen LogP contribution in [0.1, 0.15) is 40.0 Å². The SMILES string of the molecule is C=CCON=C1CC2CCC1(C)C2(C)C. The zero-order valence-electron chi connectivity index (χ0n) is 10.0. The molecular formula is C13H21NO. The van der Waals surface area contributed by atoms with Crippen LogP contribution in [0.4, 0.5) is 0 Å². The van der Waals surface area contributed by atoms with Crippen molar-refractivity contribution >= 4 is 5.71 Å². The van der Waals surface area contributed by atoms with Crippen molar-refractivity contribution in [2.45, 2.75) is 40.0 Å². The van der Waals surface area contributed by atoms with Crippen molar-refractivity contribution in [2.75, 3.05) is 6.61 Å². The van der Waals surface area contributed by atoms with E-state index in [0.29, 0.717) is 12.0 Å². The average Bonchev–Trinajstić information content (AvgIpc) is 2.51. The van der Waals surface area contributed by atoms with Crippen molar-refractivity contribution in [2.24, 2.45) is 21.9 Å². The number of rotatable bonds is 3. The van der Waals surface area contributed by atoms with E-state index in [1.165, 1.54) is 18.6 Å². The van der Waals surface area contributed by atoms with E-state index < -0.39 is 0 Å². The first kappa shape index (κ1) is 10.7. The smallest absolute Gasteiger partial charge is 0.135 e. The number of fused-ring (bicyclic) bond motifs is 2. The molecule has 2 saturated carbocycles. The largest absolute Gasteiger partial charge is 0.392 e. The molecule has 2 rings (SSSR count). The topological polar surface area (TPSA) is 21.6 Å². The standard InChI is InChI=1S/C13H21NO/c1-5-8-15-14-11-9-10-6-7-13(11,4)12(10,2)3/h5,10H,1,6-9H2,2-4H3. The molecule has 84 valence electrons. The lowest BCUT2D eigenvalue weighted by Crippen LogP contribution is -2.32. The summed E-state index contributed by atoms with van der Waals surface area (Å²) in [6.45, 7) is 11.2. The third-order valence-corrected chi connectivity index (χ3v) is 4.88. The summed E-state index contributed by atoms with van der Waals surface area (Å²) in [6, 6.07) is 0.